The monoisotopic (exact) mass is 410 g/mol. The predicted octanol–water partition coefficient (Wildman–Crippen LogP) is 4.56. The number of rotatable bonds is 5. The number of fused-ring (bicyclic) bond motifs is 1. The van der Waals surface area contributed by atoms with Gasteiger partial charge < -0.3 is 14.9 Å². The van der Waals surface area contributed by atoms with E-state index in [-0.39, 0.29) is 17.9 Å². The van der Waals surface area contributed by atoms with Crippen LogP contribution in [0.5, 0.6) is 0 Å². The Morgan fingerprint density at radius 1 is 1.27 bits per heavy atom. The summed E-state index contributed by atoms with van der Waals surface area (Å²) in [4.78, 5) is 12.5. The van der Waals surface area contributed by atoms with E-state index in [1.807, 2.05) is 54.6 Å². The van der Waals surface area contributed by atoms with Gasteiger partial charge in [-0.25, -0.2) is 4.98 Å². The van der Waals surface area contributed by atoms with Crippen LogP contribution >= 0.6 is 15.9 Å². The summed E-state index contributed by atoms with van der Waals surface area (Å²) < 4.78 is 0.972. The number of hydrogen-bond acceptors (Lipinski definition) is 5. The van der Waals surface area contributed by atoms with E-state index in [4.69, 9.17) is 4.84 Å². The lowest BCUT2D eigenvalue weighted by atomic mass is 10.1. The van der Waals surface area contributed by atoms with Gasteiger partial charge in [-0.3, -0.25) is 0 Å². The normalized spacial score (nSPS) is 12.6. The van der Waals surface area contributed by atoms with Gasteiger partial charge in [-0.1, -0.05) is 45.4 Å². The molecule has 0 spiro atoms. The van der Waals surface area contributed by atoms with E-state index in [2.05, 4.69) is 31.1 Å². The molecule has 0 unspecified atom stereocenters. The topological polar surface area (TPSA) is 94.3 Å². The average Bonchev–Trinajstić information content (AvgIpc) is 3.06. The van der Waals surface area contributed by atoms with Crippen LogP contribution in [0.15, 0.2) is 63.9 Å². The number of oxime groups is 1. The summed E-state index contributed by atoms with van der Waals surface area (Å²) in [5, 5.41) is 23.6. The zero-order valence-electron chi connectivity index (χ0n) is 13.9. The van der Waals surface area contributed by atoms with Gasteiger partial charge in [0.2, 0.25) is 0 Å². The number of aliphatic hydroxyl groups excluding tert-OH is 1. The standard InChI is InChI=1S/C19H15BrN4O2/c1-12(13-6-8-14(20)9-7-13)24-26-11-18(25)15(10-21)19-22-16-4-2-3-5-17(16)23-19/h2-9,25H,11H2,1H3,(H,22,23)/b18-15+,24-12-. The van der Waals surface area contributed by atoms with E-state index in [9.17, 15) is 10.4 Å². The van der Waals surface area contributed by atoms with E-state index < -0.39 is 0 Å². The molecule has 2 N–H and O–H groups in total. The first kappa shape index (κ1) is 17.7. The van der Waals surface area contributed by atoms with Gasteiger partial charge in [-0.15, -0.1) is 0 Å². The van der Waals surface area contributed by atoms with Gasteiger partial charge in [0.1, 0.15) is 11.6 Å². The Morgan fingerprint density at radius 2 is 2.00 bits per heavy atom. The van der Waals surface area contributed by atoms with E-state index in [1.165, 1.54) is 0 Å². The fourth-order valence-corrected chi connectivity index (χ4v) is 2.60. The number of para-hydroxylation sites is 2. The molecule has 0 fully saturated rings. The molecule has 0 atom stereocenters. The summed E-state index contributed by atoms with van der Waals surface area (Å²) >= 11 is 3.38. The number of nitriles is 1. The third-order valence-corrected chi connectivity index (χ3v) is 4.22. The van der Waals surface area contributed by atoms with Gasteiger partial charge >= 0.3 is 0 Å². The lowest BCUT2D eigenvalue weighted by Crippen LogP contribution is -2.01. The summed E-state index contributed by atoms with van der Waals surface area (Å²) in [6.45, 7) is 1.57. The molecule has 0 saturated heterocycles. The van der Waals surface area contributed by atoms with Crippen LogP contribution in [0.3, 0.4) is 0 Å². The Balaban J connectivity index is 1.75. The van der Waals surface area contributed by atoms with Crippen LogP contribution in [-0.4, -0.2) is 27.4 Å². The molecule has 0 aliphatic heterocycles. The van der Waals surface area contributed by atoms with Crippen molar-refractivity contribution in [1.82, 2.24) is 9.97 Å². The van der Waals surface area contributed by atoms with Crippen LogP contribution in [0, 0.1) is 11.3 Å². The number of allylic oxidation sites excluding steroid dienone is 1. The molecule has 3 aromatic rings. The minimum Gasteiger partial charge on any atom is -0.507 e. The number of imidazole rings is 1. The second-order valence-corrected chi connectivity index (χ2v) is 6.41. The summed E-state index contributed by atoms with van der Waals surface area (Å²) in [7, 11) is 0. The highest BCUT2D eigenvalue weighted by Gasteiger charge is 2.13. The van der Waals surface area contributed by atoms with Gasteiger partial charge in [0.05, 0.1) is 16.7 Å². The number of aromatic nitrogens is 2. The molecule has 0 saturated carbocycles. The number of hydrogen-bond donors (Lipinski definition) is 2. The third kappa shape index (κ3) is 3.92. The van der Waals surface area contributed by atoms with E-state index in [0.29, 0.717) is 17.1 Å². The van der Waals surface area contributed by atoms with Crippen molar-refractivity contribution >= 4 is 38.2 Å². The van der Waals surface area contributed by atoms with E-state index in [1.54, 1.807) is 6.92 Å². The number of benzene rings is 2. The molecular weight excluding hydrogens is 396 g/mol. The first-order valence-corrected chi connectivity index (χ1v) is 8.57. The molecular formula is C19H15BrN4O2. The number of nitrogens with one attached hydrogen (secondary N) is 1. The quantitative estimate of drug-likeness (QED) is 0.279. The van der Waals surface area contributed by atoms with Crippen molar-refractivity contribution in [3.8, 4) is 6.07 Å². The molecule has 1 aromatic heterocycles. The Kier molecular flexibility index (Phi) is 5.34. The fraction of sp³-hybridized carbons (Fsp3) is 0.105. The van der Waals surface area contributed by atoms with Gasteiger partial charge in [0, 0.05) is 4.47 Å². The maximum Gasteiger partial charge on any atom is 0.175 e. The summed E-state index contributed by atoms with van der Waals surface area (Å²) in [5.41, 5.74) is 3.08. The Labute approximate surface area is 158 Å². The summed E-state index contributed by atoms with van der Waals surface area (Å²) in [6.07, 6.45) is 0. The highest BCUT2D eigenvalue weighted by atomic mass is 79.9. The second kappa shape index (κ2) is 7.85. The SMILES string of the molecule is C/C(=N/OC/C(O)=C(/C#N)c1nc2ccccc2[nH]1)c1ccc(Br)cc1. The molecule has 0 bridgehead atoms. The van der Waals surface area contributed by atoms with Crippen molar-refractivity contribution in [2.75, 3.05) is 6.61 Å². The molecule has 0 aliphatic carbocycles. The van der Waals surface area contributed by atoms with Crippen LogP contribution in [-0.2, 0) is 4.84 Å². The molecule has 2 aromatic carbocycles. The van der Waals surface area contributed by atoms with Crippen molar-refractivity contribution in [2.45, 2.75) is 6.92 Å². The molecule has 0 amide bonds. The highest BCUT2D eigenvalue weighted by Crippen LogP contribution is 2.19. The maximum absolute atomic E-state index is 10.2. The van der Waals surface area contributed by atoms with Gasteiger partial charge in [-0.2, -0.15) is 5.26 Å². The minimum absolute atomic E-state index is 0.0256. The number of nitrogens with zero attached hydrogens (tertiary/aromatic N) is 3. The maximum atomic E-state index is 10.2. The van der Waals surface area contributed by atoms with Crippen molar-refractivity contribution in [1.29, 1.82) is 5.26 Å². The fourth-order valence-electron chi connectivity index (χ4n) is 2.33. The van der Waals surface area contributed by atoms with Crippen molar-refractivity contribution < 1.29 is 9.94 Å². The van der Waals surface area contributed by atoms with Crippen LogP contribution < -0.4 is 0 Å². The van der Waals surface area contributed by atoms with E-state index >= 15 is 0 Å². The zero-order chi connectivity index (χ0) is 18.5. The molecule has 0 radical (unpaired) electrons. The Bertz CT molecular complexity index is 997. The largest absolute Gasteiger partial charge is 0.507 e. The number of H-pyrrole nitrogens is 1. The van der Waals surface area contributed by atoms with Crippen LogP contribution in [0.4, 0.5) is 0 Å². The lowest BCUT2D eigenvalue weighted by molar-refractivity contribution is 0.137. The predicted molar refractivity (Wildman–Crippen MR) is 104 cm³/mol. The number of aromatic amines is 1. The molecule has 26 heavy (non-hydrogen) atoms. The lowest BCUT2D eigenvalue weighted by Gasteiger charge is -2.04. The van der Waals surface area contributed by atoms with Crippen LogP contribution in [0.25, 0.3) is 16.6 Å². The smallest absolute Gasteiger partial charge is 0.175 e. The number of halogens is 1. The minimum atomic E-state index is -0.237. The van der Waals surface area contributed by atoms with Crippen LogP contribution in [0.2, 0.25) is 0 Å². The second-order valence-electron chi connectivity index (χ2n) is 5.49. The Hall–Kier alpha value is -3.11. The summed E-state index contributed by atoms with van der Waals surface area (Å²) in [5.74, 6) is 0.0577. The van der Waals surface area contributed by atoms with Gasteiger partial charge in [0.25, 0.3) is 0 Å². The van der Waals surface area contributed by atoms with E-state index in [0.717, 1.165) is 15.6 Å². The molecule has 3 rings (SSSR count). The van der Waals surface area contributed by atoms with Crippen molar-refractivity contribution in [3.63, 3.8) is 0 Å². The molecule has 7 heteroatoms. The first-order chi connectivity index (χ1) is 12.6. The van der Waals surface area contributed by atoms with Crippen molar-refractivity contribution in [3.05, 3.63) is 70.2 Å². The third-order valence-electron chi connectivity index (χ3n) is 3.69. The zero-order valence-corrected chi connectivity index (χ0v) is 15.5. The average molecular weight is 411 g/mol. The highest BCUT2D eigenvalue weighted by molar-refractivity contribution is 9.10. The van der Waals surface area contributed by atoms with Gasteiger partial charge in [0.15, 0.2) is 18.2 Å². The van der Waals surface area contributed by atoms with Gasteiger partial charge in [-0.05, 0) is 36.8 Å². The van der Waals surface area contributed by atoms with Crippen LogP contribution in [0.1, 0.15) is 18.3 Å². The van der Waals surface area contributed by atoms with Crippen molar-refractivity contribution in [2.24, 2.45) is 5.16 Å². The molecule has 0 aliphatic rings. The number of aliphatic hydroxyl groups is 1. The summed E-state index contributed by atoms with van der Waals surface area (Å²) in [6, 6.07) is 17.0. The molecule has 6 nitrogen and oxygen atoms in total. The Morgan fingerprint density at radius 3 is 2.69 bits per heavy atom. The molecule has 130 valence electrons. The molecule has 1 heterocycles. The first-order valence-electron chi connectivity index (χ1n) is 7.78.